The molecule has 0 spiro atoms. The van der Waals surface area contributed by atoms with Gasteiger partial charge >= 0.3 is 5.97 Å². The van der Waals surface area contributed by atoms with E-state index in [0.717, 1.165) is 22.3 Å². The van der Waals surface area contributed by atoms with Crippen LogP contribution in [-0.2, 0) is 11.2 Å². The standard InChI is InChI=1S/C29H34F3NO3/c1-18-13-22-21-10-7-6-9-19(21)14-23(22)28(33(18)17-29(2,3)32)27-24(30)15-20(16-25(27)31)36-12-8-4-5-11-26(34)35/h6-7,9-10,15-16,18,28H,4-5,8,11-14,17H2,1-3H3,(H,34,35)/t18-,28+/m1/s1. The van der Waals surface area contributed by atoms with E-state index in [1.807, 2.05) is 30.0 Å². The third-order valence-electron chi connectivity index (χ3n) is 7.03. The monoisotopic (exact) mass is 501 g/mol. The van der Waals surface area contributed by atoms with Gasteiger partial charge in [0.25, 0.3) is 0 Å². The molecule has 0 radical (unpaired) electrons. The second-order valence-corrected chi connectivity index (χ2v) is 10.5. The lowest BCUT2D eigenvalue weighted by molar-refractivity contribution is -0.137. The lowest BCUT2D eigenvalue weighted by atomic mass is 9.84. The number of carbonyl (C=O) groups is 1. The fourth-order valence-electron chi connectivity index (χ4n) is 5.50. The van der Waals surface area contributed by atoms with Gasteiger partial charge in [0.1, 0.15) is 23.1 Å². The molecule has 0 aromatic heterocycles. The van der Waals surface area contributed by atoms with Gasteiger partial charge in [0.15, 0.2) is 0 Å². The highest BCUT2D eigenvalue weighted by atomic mass is 19.1. The molecule has 2 atom stereocenters. The maximum Gasteiger partial charge on any atom is 0.303 e. The molecule has 7 heteroatoms. The van der Waals surface area contributed by atoms with E-state index in [1.165, 1.54) is 26.0 Å². The van der Waals surface area contributed by atoms with Gasteiger partial charge in [-0.3, -0.25) is 9.69 Å². The third kappa shape index (κ3) is 5.77. The van der Waals surface area contributed by atoms with Gasteiger partial charge in [-0.15, -0.1) is 0 Å². The average Bonchev–Trinajstić information content (AvgIpc) is 3.14. The summed E-state index contributed by atoms with van der Waals surface area (Å²) in [6.45, 7) is 5.26. The topological polar surface area (TPSA) is 49.8 Å². The maximum atomic E-state index is 15.6. The first-order valence-electron chi connectivity index (χ1n) is 12.6. The SMILES string of the molecule is C[C@@H]1CC2=C(Cc3ccccc32)[C@@H](c2c(F)cc(OCCCCCC(=O)O)cc2F)N1CC(C)(C)F. The Balaban J connectivity index is 1.62. The number of hydrogen-bond donors (Lipinski definition) is 1. The molecular formula is C29H34F3NO3. The molecule has 36 heavy (non-hydrogen) atoms. The summed E-state index contributed by atoms with van der Waals surface area (Å²) in [5.74, 6) is -2.17. The van der Waals surface area contributed by atoms with Crippen molar-refractivity contribution in [2.45, 2.75) is 77.0 Å². The van der Waals surface area contributed by atoms with E-state index < -0.39 is 29.3 Å². The zero-order chi connectivity index (χ0) is 26.0. The van der Waals surface area contributed by atoms with E-state index >= 15 is 8.78 Å². The van der Waals surface area contributed by atoms with Crippen LogP contribution in [0.15, 0.2) is 42.0 Å². The van der Waals surface area contributed by atoms with E-state index in [2.05, 4.69) is 6.07 Å². The van der Waals surface area contributed by atoms with Crippen LogP contribution in [0.2, 0.25) is 0 Å². The van der Waals surface area contributed by atoms with Crippen LogP contribution in [0.3, 0.4) is 0 Å². The molecule has 0 fully saturated rings. The smallest absolute Gasteiger partial charge is 0.303 e. The fourth-order valence-corrected chi connectivity index (χ4v) is 5.50. The zero-order valence-corrected chi connectivity index (χ0v) is 21.1. The Hall–Kier alpha value is -2.80. The zero-order valence-electron chi connectivity index (χ0n) is 21.1. The molecule has 2 aromatic carbocycles. The molecule has 0 bridgehead atoms. The minimum Gasteiger partial charge on any atom is -0.493 e. The van der Waals surface area contributed by atoms with Gasteiger partial charge in [-0.05, 0) is 75.1 Å². The lowest BCUT2D eigenvalue weighted by Gasteiger charge is -2.44. The number of ether oxygens (including phenoxy) is 1. The average molecular weight is 502 g/mol. The minimum absolute atomic E-state index is 0.0550. The number of hydrogen-bond acceptors (Lipinski definition) is 3. The second-order valence-electron chi connectivity index (χ2n) is 10.5. The van der Waals surface area contributed by atoms with Gasteiger partial charge in [-0.2, -0.15) is 0 Å². The van der Waals surface area contributed by atoms with Crippen LogP contribution in [0.1, 0.15) is 75.6 Å². The molecule has 0 unspecified atom stereocenters. The van der Waals surface area contributed by atoms with Crippen LogP contribution < -0.4 is 4.74 Å². The highest BCUT2D eigenvalue weighted by molar-refractivity contribution is 5.79. The number of rotatable bonds is 10. The van der Waals surface area contributed by atoms with Crippen LogP contribution in [0.4, 0.5) is 13.2 Å². The molecule has 0 amide bonds. The molecule has 194 valence electrons. The number of unbranched alkanes of at least 4 members (excludes halogenated alkanes) is 2. The van der Waals surface area contributed by atoms with Crippen molar-refractivity contribution < 1.29 is 27.8 Å². The summed E-state index contributed by atoms with van der Waals surface area (Å²) >= 11 is 0. The summed E-state index contributed by atoms with van der Waals surface area (Å²) in [4.78, 5) is 12.5. The van der Waals surface area contributed by atoms with Crippen LogP contribution >= 0.6 is 0 Å². The molecule has 1 heterocycles. The summed E-state index contributed by atoms with van der Waals surface area (Å²) in [6, 6.07) is 9.63. The van der Waals surface area contributed by atoms with Gasteiger partial charge < -0.3 is 9.84 Å². The molecule has 0 saturated carbocycles. The van der Waals surface area contributed by atoms with Gasteiger partial charge in [0.2, 0.25) is 0 Å². The Bertz CT molecular complexity index is 1130. The summed E-state index contributed by atoms with van der Waals surface area (Å²) in [6.07, 6.45) is 3.14. The number of alkyl halides is 1. The first-order valence-corrected chi connectivity index (χ1v) is 12.6. The van der Waals surface area contributed by atoms with Gasteiger partial charge in [0.05, 0.1) is 12.6 Å². The molecule has 2 aromatic rings. The molecule has 4 rings (SSSR count). The van der Waals surface area contributed by atoms with E-state index in [0.29, 0.717) is 32.1 Å². The number of carboxylic acids is 1. The number of halogens is 3. The molecule has 1 aliphatic heterocycles. The number of benzene rings is 2. The van der Waals surface area contributed by atoms with E-state index in [1.54, 1.807) is 0 Å². The van der Waals surface area contributed by atoms with Gasteiger partial charge in [-0.1, -0.05) is 24.3 Å². The molecule has 0 saturated heterocycles. The summed E-state index contributed by atoms with van der Waals surface area (Å²) in [5.41, 5.74) is 2.68. The molecule has 2 aliphatic rings. The summed E-state index contributed by atoms with van der Waals surface area (Å²) in [5, 5.41) is 8.71. The molecule has 1 aliphatic carbocycles. The number of aliphatic carboxylic acids is 1. The molecular weight excluding hydrogens is 467 g/mol. The molecule has 1 N–H and O–H groups in total. The highest BCUT2D eigenvalue weighted by Crippen LogP contribution is 2.50. The van der Waals surface area contributed by atoms with Crippen molar-refractivity contribution >= 4 is 11.5 Å². The molecule has 4 nitrogen and oxygen atoms in total. The maximum absolute atomic E-state index is 15.6. The Morgan fingerprint density at radius 1 is 1.14 bits per heavy atom. The summed E-state index contributed by atoms with van der Waals surface area (Å²) in [7, 11) is 0. The fraction of sp³-hybridized carbons (Fsp3) is 0.483. The Morgan fingerprint density at radius 3 is 2.50 bits per heavy atom. The van der Waals surface area contributed by atoms with E-state index in [-0.39, 0.29) is 36.9 Å². The Kier molecular flexibility index (Phi) is 7.79. The first-order chi connectivity index (χ1) is 17.0. The number of nitrogens with zero attached hydrogens (tertiary/aromatic N) is 1. The lowest BCUT2D eigenvalue weighted by Crippen LogP contribution is -2.47. The minimum atomic E-state index is -1.54. The second kappa shape index (κ2) is 10.7. The summed E-state index contributed by atoms with van der Waals surface area (Å²) < 4.78 is 51.7. The van der Waals surface area contributed by atoms with Gasteiger partial charge in [0, 0.05) is 36.7 Å². The van der Waals surface area contributed by atoms with Gasteiger partial charge in [-0.25, -0.2) is 13.2 Å². The van der Waals surface area contributed by atoms with Crippen molar-refractivity contribution in [3.63, 3.8) is 0 Å². The van der Waals surface area contributed by atoms with Crippen molar-refractivity contribution in [3.8, 4) is 5.75 Å². The van der Waals surface area contributed by atoms with E-state index in [9.17, 15) is 9.18 Å². The Morgan fingerprint density at radius 2 is 1.83 bits per heavy atom. The van der Waals surface area contributed by atoms with Crippen LogP contribution in [0.25, 0.3) is 5.57 Å². The predicted molar refractivity (Wildman–Crippen MR) is 134 cm³/mol. The third-order valence-corrected chi connectivity index (χ3v) is 7.03. The number of fused-ring (bicyclic) bond motifs is 2. The first kappa shape index (κ1) is 26.3. The van der Waals surface area contributed by atoms with Crippen molar-refractivity contribution in [3.05, 3.63) is 70.3 Å². The van der Waals surface area contributed by atoms with E-state index in [4.69, 9.17) is 9.84 Å². The van der Waals surface area contributed by atoms with Crippen molar-refractivity contribution in [2.75, 3.05) is 13.2 Å². The largest absolute Gasteiger partial charge is 0.493 e. The van der Waals surface area contributed by atoms with Crippen molar-refractivity contribution in [1.29, 1.82) is 0 Å². The van der Waals surface area contributed by atoms with Crippen LogP contribution in [-0.4, -0.2) is 40.8 Å². The highest BCUT2D eigenvalue weighted by Gasteiger charge is 2.42. The quantitative estimate of drug-likeness (QED) is 0.361. The van der Waals surface area contributed by atoms with Crippen molar-refractivity contribution in [2.24, 2.45) is 0 Å². The predicted octanol–water partition coefficient (Wildman–Crippen LogP) is 6.88. The Labute approximate surface area is 210 Å². The number of carboxylic acid groups (broad SMARTS) is 1. The van der Waals surface area contributed by atoms with Crippen molar-refractivity contribution in [1.82, 2.24) is 4.90 Å². The van der Waals surface area contributed by atoms with Crippen LogP contribution in [0, 0.1) is 11.6 Å². The normalized spacial score (nSPS) is 19.8. The van der Waals surface area contributed by atoms with Crippen LogP contribution in [0.5, 0.6) is 5.75 Å².